The van der Waals surface area contributed by atoms with Gasteiger partial charge >= 0.3 is 0 Å². The summed E-state index contributed by atoms with van der Waals surface area (Å²) in [5.74, 6) is -0.326. The van der Waals surface area contributed by atoms with Crippen LogP contribution in [-0.2, 0) is 14.6 Å². The third-order valence-electron chi connectivity index (χ3n) is 2.52. The summed E-state index contributed by atoms with van der Waals surface area (Å²) < 4.78 is 27.9. The van der Waals surface area contributed by atoms with E-state index in [1.54, 1.807) is 13.2 Å². The van der Waals surface area contributed by atoms with Crippen molar-refractivity contribution in [3.63, 3.8) is 0 Å². The SMILES string of the molecule is COCCCNC(=O)c1cccc(S(=O)(=O)C(Br)(Br)Br)c1. The zero-order valence-electron chi connectivity index (χ0n) is 11.1. The smallest absolute Gasteiger partial charge is 0.251 e. The van der Waals surface area contributed by atoms with Gasteiger partial charge in [-0.3, -0.25) is 4.79 Å². The average molecular weight is 508 g/mol. The topological polar surface area (TPSA) is 72.5 Å². The molecule has 118 valence electrons. The first kappa shape index (κ1) is 19.1. The van der Waals surface area contributed by atoms with E-state index in [1.807, 2.05) is 0 Å². The van der Waals surface area contributed by atoms with Crippen molar-refractivity contribution in [2.24, 2.45) is 0 Å². The Bertz CT molecular complexity index is 599. The maximum Gasteiger partial charge on any atom is 0.251 e. The number of alkyl halides is 3. The summed E-state index contributed by atoms with van der Waals surface area (Å²) in [7, 11) is -2.13. The van der Waals surface area contributed by atoms with E-state index in [9.17, 15) is 13.2 Å². The summed E-state index contributed by atoms with van der Waals surface area (Å²) in [4.78, 5) is 12.0. The molecule has 0 bridgehead atoms. The molecular weight excluding hydrogens is 494 g/mol. The highest BCUT2D eigenvalue weighted by atomic mass is 80.0. The van der Waals surface area contributed by atoms with E-state index >= 15 is 0 Å². The summed E-state index contributed by atoms with van der Waals surface area (Å²) in [6.45, 7) is 1.01. The summed E-state index contributed by atoms with van der Waals surface area (Å²) >= 11 is 8.97. The number of hydrogen-bond acceptors (Lipinski definition) is 4. The van der Waals surface area contributed by atoms with Gasteiger partial charge in [0.05, 0.1) is 4.90 Å². The second kappa shape index (κ2) is 8.05. The zero-order chi connectivity index (χ0) is 16.1. The van der Waals surface area contributed by atoms with Crippen LogP contribution in [0.2, 0.25) is 0 Å². The lowest BCUT2D eigenvalue weighted by Gasteiger charge is -2.14. The van der Waals surface area contributed by atoms with Gasteiger partial charge in [-0.05, 0) is 72.4 Å². The van der Waals surface area contributed by atoms with Crippen molar-refractivity contribution in [3.8, 4) is 0 Å². The fraction of sp³-hybridized carbons (Fsp3) is 0.417. The van der Waals surface area contributed by atoms with Crippen LogP contribution >= 0.6 is 47.8 Å². The maximum atomic E-state index is 12.2. The van der Waals surface area contributed by atoms with Crippen LogP contribution < -0.4 is 5.32 Å². The third-order valence-corrected chi connectivity index (χ3v) is 7.84. The summed E-state index contributed by atoms with van der Waals surface area (Å²) in [6.07, 6.45) is 0.688. The number of sulfone groups is 1. The molecule has 0 saturated heterocycles. The fourth-order valence-electron chi connectivity index (χ4n) is 1.46. The van der Waals surface area contributed by atoms with Crippen LogP contribution in [0.5, 0.6) is 0 Å². The molecule has 0 aromatic heterocycles. The molecule has 0 aliphatic heterocycles. The molecule has 5 nitrogen and oxygen atoms in total. The number of rotatable bonds is 6. The highest BCUT2D eigenvalue weighted by Gasteiger charge is 2.37. The second-order valence-corrected chi connectivity index (χ2v) is 14.5. The van der Waals surface area contributed by atoms with Crippen molar-refractivity contribution in [2.75, 3.05) is 20.3 Å². The largest absolute Gasteiger partial charge is 0.385 e. The number of nitrogens with one attached hydrogen (secondary N) is 1. The van der Waals surface area contributed by atoms with Gasteiger partial charge in [-0.1, -0.05) is 6.07 Å². The molecule has 0 spiro atoms. The molecule has 1 rings (SSSR count). The minimum absolute atomic E-state index is 0.0256. The van der Waals surface area contributed by atoms with E-state index in [0.717, 1.165) is 0 Å². The van der Waals surface area contributed by atoms with E-state index in [2.05, 4.69) is 53.1 Å². The number of amides is 1. The van der Waals surface area contributed by atoms with Gasteiger partial charge in [0.1, 0.15) is 0 Å². The molecule has 9 heteroatoms. The number of methoxy groups -OCH3 is 1. The van der Waals surface area contributed by atoms with Crippen molar-refractivity contribution in [1.82, 2.24) is 5.32 Å². The lowest BCUT2D eigenvalue weighted by atomic mass is 10.2. The molecule has 0 heterocycles. The van der Waals surface area contributed by atoms with Crippen LogP contribution in [0, 0.1) is 0 Å². The number of benzene rings is 1. The van der Waals surface area contributed by atoms with E-state index in [0.29, 0.717) is 19.6 Å². The fourth-order valence-corrected chi connectivity index (χ4v) is 3.95. The number of carbonyl (C=O) groups is 1. The molecule has 21 heavy (non-hydrogen) atoms. The molecule has 0 aliphatic carbocycles. The van der Waals surface area contributed by atoms with Crippen LogP contribution in [0.1, 0.15) is 16.8 Å². The van der Waals surface area contributed by atoms with Crippen LogP contribution in [0.4, 0.5) is 0 Å². The standard InChI is InChI=1S/C12H14Br3NO4S/c1-20-7-3-6-16-11(17)9-4-2-5-10(8-9)21(18,19)12(13,14)15/h2,4-5,8H,3,6-7H2,1H3,(H,16,17). The van der Waals surface area contributed by atoms with Gasteiger partial charge in [-0.15, -0.1) is 0 Å². The number of ether oxygens (including phenoxy) is 1. The van der Waals surface area contributed by atoms with E-state index in [1.165, 1.54) is 18.2 Å². The Labute approximate surface area is 149 Å². The highest BCUT2D eigenvalue weighted by molar-refractivity contribution is 9.42. The van der Waals surface area contributed by atoms with Crippen molar-refractivity contribution in [3.05, 3.63) is 29.8 Å². The minimum atomic E-state index is -3.71. The summed E-state index contributed by atoms with van der Waals surface area (Å²) in [5.41, 5.74) is 0.283. The third kappa shape index (κ3) is 5.31. The Kier molecular flexibility index (Phi) is 7.32. The van der Waals surface area contributed by atoms with Crippen molar-refractivity contribution in [1.29, 1.82) is 0 Å². The molecule has 1 N–H and O–H groups in total. The Hall–Kier alpha value is 0.0400. The normalized spacial score (nSPS) is 12.2. The lowest BCUT2D eigenvalue weighted by molar-refractivity contribution is 0.0948. The number of carbonyl (C=O) groups excluding carboxylic acids is 1. The average Bonchev–Trinajstić information content (AvgIpc) is 2.42. The number of halogens is 3. The van der Waals surface area contributed by atoms with Gasteiger partial charge in [0.15, 0.2) is 0 Å². The van der Waals surface area contributed by atoms with E-state index in [-0.39, 0.29) is 16.4 Å². The molecular formula is C12H14Br3NO4S. The summed E-state index contributed by atoms with van der Waals surface area (Å²) in [6, 6.07) is 5.84. The zero-order valence-corrected chi connectivity index (χ0v) is 16.7. The Balaban J connectivity index is 2.89. The first-order valence-corrected chi connectivity index (χ1v) is 9.75. The van der Waals surface area contributed by atoms with Crippen LogP contribution in [0.25, 0.3) is 0 Å². The molecule has 0 saturated carbocycles. The number of hydrogen-bond donors (Lipinski definition) is 1. The van der Waals surface area contributed by atoms with E-state index < -0.39 is 11.3 Å². The Morgan fingerprint density at radius 1 is 1.33 bits per heavy atom. The van der Waals surface area contributed by atoms with Gasteiger partial charge in [0.2, 0.25) is 11.3 Å². The van der Waals surface area contributed by atoms with Gasteiger partial charge in [-0.25, -0.2) is 8.42 Å². The van der Waals surface area contributed by atoms with Gasteiger partial charge < -0.3 is 10.1 Å². The van der Waals surface area contributed by atoms with E-state index in [4.69, 9.17) is 4.74 Å². The molecule has 0 fully saturated rings. The quantitative estimate of drug-likeness (QED) is 0.474. The Morgan fingerprint density at radius 2 is 2.00 bits per heavy atom. The molecule has 0 unspecified atom stereocenters. The predicted octanol–water partition coefficient (Wildman–Crippen LogP) is 3.02. The van der Waals surface area contributed by atoms with Crippen LogP contribution in [0.3, 0.4) is 0 Å². The highest BCUT2D eigenvalue weighted by Crippen LogP contribution is 2.43. The van der Waals surface area contributed by atoms with Crippen molar-refractivity contribution >= 4 is 63.5 Å². The van der Waals surface area contributed by atoms with Crippen molar-refractivity contribution < 1.29 is 17.9 Å². The van der Waals surface area contributed by atoms with Crippen molar-refractivity contribution in [2.45, 2.75) is 12.8 Å². The molecule has 0 atom stereocenters. The first-order chi connectivity index (χ1) is 9.70. The molecule has 1 amide bonds. The minimum Gasteiger partial charge on any atom is -0.385 e. The molecule has 1 aromatic carbocycles. The molecule has 0 radical (unpaired) electrons. The van der Waals surface area contributed by atoms with Crippen LogP contribution in [-0.4, -0.2) is 36.1 Å². The predicted molar refractivity (Wildman–Crippen MR) is 92.0 cm³/mol. The molecule has 1 aromatic rings. The lowest BCUT2D eigenvalue weighted by Crippen LogP contribution is -2.25. The van der Waals surface area contributed by atoms with Gasteiger partial charge in [0.25, 0.3) is 5.91 Å². The monoisotopic (exact) mass is 505 g/mol. The van der Waals surface area contributed by atoms with Gasteiger partial charge in [0, 0.05) is 25.8 Å². The second-order valence-electron chi connectivity index (χ2n) is 4.08. The van der Waals surface area contributed by atoms with Crippen LogP contribution in [0.15, 0.2) is 29.2 Å². The Morgan fingerprint density at radius 3 is 2.57 bits per heavy atom. The maximum absolute atomic E-state index is 12.2. The first-order valence-electron chi connectivity index (χ1n) is 5.88. The summed E-state index contributed by atoms with van der Waals surface area (Å²) in [5, 5.41) is 2.70. The van der Waals surface area contributed by atoms with Gasteiger partial charge in [-0.2, -0.15) is 0 Å². The molecule has 0 aliphatic rings.